The SMILES string of the molecule is COc1c(Br)cc(C(C)C)cc1I. The molecule has 0 radical (unpaired) electrons. The third kappa shape index (κ3) is 2.59. The van der Waals surface area contributed by atoms with Crippen LogP contribution in [0.25, 0.3) is 0 Å². The first-order valence-corrected chi connectivity index (χ1v) is 5.96. The van der Waals surface area contributed by atoms with E-state index in [4.69, 9.17) is 4.74 Å². The highest BCUT2D eigenvalue weighted by Gasteiger charge is 2.09. The van der Waals surface area contributed by atoms with Crippen LogP contribution in [0, 0.1) is 3.57 Å². The highest BCUT2D eigenvalue weighted by atomic mass is 127. The third-order valence-electron chi connectivity index (χ3n) is 1.89. The molecule has 0 N–H and O–H groups in total. The maximum atomic E-state index is 5.26. The maximum Gasteiger partial charge on any atom is 0.146 e. The minimum atomic E-state index is 0.552. The molecule has 0 fully saturated rings. The topological polar surface area (TPSA) is 9.23 Å². The summed E-state index contributed by atoms with van der Waals surface area (Å²) in [7, 11) is 1.69. The summed E-state index contributed by atoms with van der Waals surface area (Å²) in [6.45, 7) is 4.37. The van der Waals surface area contributed by atoms with Crippen LogP contribution in [0.4, 0.5) is 0 Å². The molecule has 0 amide bonds. The average molecular weight is 355 g/mol. The van der Waals surface area contributed by atoms with Gasteiger partial charge in [-0.25, -0.2) is 0 Å². The molecule has 0 heterocycles. The third-order valence-corrected chi connectivity index (χ3v) is 3.28. The number of benzene rings is 1. The molecule has 0 aliphatic rings. The van der Waals surface area contributed by atoms with Gasteiger partial charge < -0.3 is 4.74 Å². The minimum Gasteiger partial charge on any atom is -0.494 e. The standard InChI is InChI=1S/C10H12BrIO/c1-6(2)7-4-8(11)10(13-3)9(12)5-7/h4-6H,1-3H3. The van der Waals surface area contributed by atoms with E-state index < -0.39 is 0 Å². The van der Waals surface area contributed by atoms with Crippen LogP contribution in [-0.4, -0.2) is 7.11 Å². The van der Waals surface area contributed by atoms with Crippen molar-refractivity contribution >= 4 is 38.5 Å². The van der Waals surface area contributed by atoms with Gasteiger partial charge in [-0.1, -0.05) is 13.8 Å². The van der Waals surface area contributed by atoms with Crippen molar-refractivity contribution in [1.29, 1.82) is 0 Å². The highest BCUT2D eigenvalue weighted by Crippen LogP contribution is 2.33. The second-order valence-corrected chi connectivity index (χ2v) is 5.19. The number of rotatable bonds is 2. The largest absolute Gasteiger partial charge is 0.494 e. The van der Waals surface area contributed by atoms with Crippen molar-refractivity contribution in [1.82, 2.24) is 0 Å². The zero-order chi connectivity index (χ0) is 10.0. The number of methoxy groups -OCH3 is 1. The molecule has 0 saturated carbocycles. The van der Waals surface area contributed by atoms with Crippen molar-refractivity contribution in [2.45, 2.75) is 19.8 Å². The highest BCUT2D eigenvalue weighted by molar-refractivity contribution is 14.1. The van der Waals surface area contributed by atoms with Gasteiger partial charge in [0.25, 0.3) is 0 Å². The molecule has 0 saturated heterocycles. The molecule has 0 aliphatic heterocycles. The van der Waals surface area contributed by atoms with Crippen LogP contribution in [0.15, 0.2) is 16.6 Å². The van der Waals surface area contributed by atoms with E-state index in [1.807, 2.05) is 0 Å². The lowest BCUT2D eigenvalue weighted by molar-refractivity contribution is 0.409. The first-order chi connectivity index (χ1) is 6.06. The Kier molecular flexibility index (Phi) is 4.04. The van der Waals surface area contributed by atoms with E-state index in [1.165, 1.54) is 5.56 Å². The maximum absolute atomic E-state index is 5.26. The van der Waals surface area contributed by atoms with Crippen molar-refractivity contribution < 1.29 is 4.74 Å². The van der Waals surface area contributed by atoms with E-state index in [9.17, 15) is 0 Å². The Morgan fingerprint density at radius 2 is 2.00 bits per heavy atom. The molecule has 0 spiro atoms. The quantitative estimate of drug-likeness (QED) is 0.724. The molecule has 1 nitrogen and oxygen atoms in total. The van der Waals surface area contributed by atoms with Gasteiger partial charge in [-0.3, -0.25) is 0 Å². The van der Waals surface area contributed by atoms with Gasteiger partial charge in [0.15, 0.2) is 0 Å². The molecule has 0 aliphatic carbocycles. The Bertz CT molecular complexity index is 287. The van der Waals surface area contributed by atoms with Crippen LogP contribution in [0.1, 0.15) is 25.3 Å². The molecule has 0 aromatic heterocycles. The molecular formula is C10H12BrIO. The fourth-order valence-electron chi connectivity index (χ4n) is 1.11. The Morgan fingerprint density at radius 3 is 2.38 bits per heavy atom. The number of hydrogen-bond donors (Lipinski definition) is 0. The van der Waals surface area contributed by atoms with Crippen molar-refractivity contribution in [2.75, 3.05) is 7.11 Å². The van der Waals surface area contributed by atoms with E-state index in [2.05, 4.69) is 64.5 Å². The summed E-state index contributed by atoms with van der Waals surface area (Å²) in [6, 6.07) is 4.28. The van der Waals surface area contributed by atoms with E-state index in [1.54, 1.807) is 7.11 Å². The molecule has 1 aromatic rings. The predicted molar refractivity (Wildman–Crippen MR) is 67.5 cm³/mol. The first-order valence-electron chi connectivity index (χ1n) is 4.09. The molecule has 1 rings (SSSR count). The molecule has 1 aromatic carbocycles. The Labute approximate surface area is 101 Å². The van der Waals surface area contributed by atoms with Crippen LogP contribution < -0.4 is 4.74 Å². The summed E-state index contributed by atoms with van der Waals surface area (Å²) in [5, 5.41) is 0. The zero-order valence-corrected chi connectivity index (χ0v) is 11.6. The molecule has 13 heavy (non-hydrogen) atoms. The lowest BCUT2D eigenvalue weighted by atomic mass is 10.0. The lowest BCUT2D eigenvalue weighted by Gasteiger charge is -2.11. The second-order valence-electron chi connectivity index (χ2n) is 3.17. The second kappa shape index (κ2) is 4.64. The molecule has 0 atom stereocenters. The van der Waals surface area contributed by atoms with Gasteiger partial charge >= 0.3 is 0 Å². The van der Waals surface area contributed by atoms with E-state index in [-0.39, 0.29) is 0 Å². The molecular weight excluding hydrogens is 343 g/mol. The smallest absolute Gasteiger partial charge is 0.146 e. The number of hydrogen-bond acceptors (Lipinski definition) is 1. The summed E-state index contributed by atoms with van der Waals surface area (Å²) >= 11 is 5.79. The van der Waals surface area contributed by atoms with Gasteiger partial charge in [0.05, 0.1) is 15.2 Å². The van der Waals surface area contributed by atoms with E-state index in [0.717, 1.165) is 13.8 Å². The summed E-state index contributed by atoms with van der Waals surface area (Å²) in [5.41, 5.74) is 1.33. The van der Waals surface area contributed by atoms with Crippen LogP contribution in [0.2, 0.25) is 0 Å². The van der Waals surface area contributed by atoms with E-state index in [0.29, 0.717) is 5.92 Å². The van der Waals surface area contributed by atoms with Gasteiger partial charge in [-0.2, -0.15) is 0 Å². The van der Waals surface area contributed by atoms with Gasteiger partial charge in [0.2, 0.25) is 0 Å². The number of ether oxygens (including phenoxy) is 1. The number of halogens is 2. The molecule has 0 unspecified atom stereocenters. The first kappa shape index (κ1) is 11.3. The van der Waals surface area contributed by atoms with Crippen molar-refractivity contribution in [3.63, 3.8) is 0 Å². The Hall–Kier alpha value is 0.230. The van der Waals surface area contributed by atoms with Gasteiger partial charge in [-0.05, 0) is 62.1 Å². The fraction of sp³-hybridized carbons (Fsp3) is 0.400. The predicted octanol–water partition coefficient (Wildman–Crippen LogP) is 4.19. The summed E-state index contributed by atoms with van der Waals surface area (Å²) in [6.07, 6.45) is 0. The monoisotopic (exact) mass is 354 g/mol. The van der Waals surface area contributed by atoms with Crippen LogP contribution in [0.3, 0.4) is 0 Å². The molecule has 72 valence electrons. The van der Waals surface area contributed by atoms with Crippen LogP contribution in [0.5, 0.6) is 5.75 Å². The summed E-state index contributed by atoms with van der Waals surface area (Å²) < 4.78 is 7.44. The Morgan fingerprint density at radius 1 is 1.38 bits per heavy atom. The van der Waals surface area contributed by atoms with Crippen LogP contribution >= 0.6 is 38.5 Å². The lowest BCUT2D eigenvalue weighted by Crippen LogP contribution is -1.93. The van der Waals surface area contributed by atoms with Gasteiger partial charge in [-0.15, -0.1) is 0 Å². The van der Waals surface area contributed by atoms with Gasteiger partial charge in [0, 0.05) is 0 Å². The van der Waals surface area contributed by atoms with Gasteiger partial charge in [0.1, 0.15) is 5.75 Å². The molecule has 0 bridgehead atoms. The van der Waals surface area contributed by atoms with Crippen LogP contribution in [-0.2, 0) is 0 Å². The summed E-state index contributed by atoms with van der Waals surface area (Å²) in [4.78, 5) is 0. The average Bonchev–Trinajstić information content (AvgIpc) is 2.03. The van der Waals surface area contributed by atoms with E-state index >= 15 is 0 Å². The summed E-state index contributed by atoms with van der Waals surface area (Å²) in [5.74, 6) is 1.47. The normalized spacial score (nSPS) is 10.6. The zero-order valence-electron chi connectivity index (χ0n) is 7.90. The Balaban J connectivity index is 3.20. The van der Waals surface area contributed by atoms with Crippen molar-refractivity contribution in [3.05, 3.63) is 25.7 Å². The minimum absolute atomic E-state index is 0.552. The fourth-order valence-corrected chi connectivity index (χ4v) is 2.99. The molecule has 3 heteroatoms. The van der Waals surface area contributed by atoms with Crippen molar-refractivity contribution in [2.24, 2.45) is 0 Å². The van der Waals surface area contributed by atoms with Crippen molar-refractivity contribution in [3.8, 4) is 5.75 Å².